The summed E-state index contributed by atoms with van der Waals surface area (Å²) in [7, 11) is 1.48. The Morgan fingerprint density at radius 1 is 1.67 bits per heavy atom. The number of methoxy groups -OCH3 is 1. The highest BCUT2D eigenvalue weighted by atomic mass is 79.9. The first kappa shape index (κ1) is 11.5. The highest BCUT2D eigenvalue weighted by molar-refractivity contribution is 9.10. The van der Waals surface area contributed by atoms with Crippen LogP contribution in [-0.2, 0) is 11.2 Å². The fourth-order valence-electron chi connectivity index (χ4n) is 1.19. The maximum Gasteiger partial charge on any atom is 0.307 e. The van der Waals surface area contributed by atoms with Crippen LogP contribution in [0.25, 0.3) is 0 Å². The molecule has 1 rings (SSSR count). The highest BCUT2D eigenvalue weighted by Gasteiger charge is 2.14. The minimum Gasteiger partial charge on any atom is -0.496 e. The maximum absolute atomic E-state index is 10.6. The van der Waals surface area contributed by atoms with E-state index in [1.54, 1.807) is 12.1 Å². The number of rotatable bonds is 3. The third-order valence-electron chi connectivity index (χ3n) is 1.88. The number of carboxylic acid groups (broad SMARTS) is 1. The van der Waals surface area contributed by atoms with Crippen molar-refractivity contribution in [3.05, 3.63) is 27.7 Å². The number of aliphatic carboxylic acids is 1. The predicted molar refractivity (Wildman–Crippen MR) is 56.7 cm³/mol. The fourth-order valence-corrected chi connectivity index (χ4v) is 1.83. The number of nitrogens with zero attached hydrogens (tertiary/aromatic N) is 1. The van der Waals surface area contributed by atoms with Crippen LogP contribution in [0.4, 0.5) is 0 Å². The zero-order chi connectivity index (χ0) is 11.4. The molecule has 0 atom stereocenters. The standard InChI is InChI=1S/C10H8BrNO3/c1-15-8-3-2-6(5-12)7(10(8)11)4-9(13)14/h2-3H,4H2,1H3,(H,13,14). The smallest absolute Gasteiger partial charge is 0.307 e. The van der Waals surface area contributed by atoms with Gasteiger partial charge >= 0.3 is 5.97 Å². The molecule has 0 unspecified atom stereocenters. The Morgan fingerprint density at radius 2 is 2.33 bits per heavy atom. The van der Waals surface area contributed by atoms with Crippen LogP contribution in [0.2, 0.25) is 0 Å². The van der Waals surface area contributed by atoms with Crippen LogP contribution in [-0.4, -0.2) is 18.2 Å². The number of benzene rings is 1. The van der Waals surface area contributed by atoms with Gasteiger partial charge in [0.2, 0.25) is 0 Å². The molecule has 1 N–H and O–H groups in total. The van der Waals surface area contributed by atoms with Crippen LogP contribution in [0.5, 0.6) is 5.75 Å². The van der Waals surface area contributed by atoms with Gasteiger partial charge in [-0.15, -0.1) is 0 Å². The highest BCUT2D eigenvalue weighted by Crippen LogP contribution is 2.31. The van der Waals surface area contributed by atoms with E-state index in [0.717, 1.165) is 0 Å². The molecule has 0 spiro atoms. The van der Waals surface area contributed by atoms with Crippen molar-refractivity contribution < 1.29 is 14.6 Å². The lowest BCUT2D eigenvalue weighted by Crippen LogP contribution is -2.04. The molecule has 1 aromatic carbocycles. The molecule has 15 heavy (non-hydrogen) atoms. The molecule has 0 aliphatic heterocycles. The summed E-state index contributed by atoms with van der Waals surface area (Å²) in [5.41, 5.74) is 0.773. The molecule has 0 saturated heterocycles. The molecule has 5 heteroatoms. The number of carbonyl (C=O) groups is 1. The van der Waals surface area contributed by atoms with Gasteiger partial charge in [-0.3, -0.25) is 4.79 Å². The first-order valence-corrected chi connectivity index (χ1v) is 4.86. The normalized spacial score (nSPS) is 9.40. The van der Waals surface area contributed by atoms with Crippen molar-refractivity contribution in [3.8, 4) is 11.8 Å². The molecule has 0 amide bonds. The molecule has 1 aromatic rings. The van der Waals surface area contributed by atoms with Gasteiger partial charge < -0.3 is 9.84 Å². The van der Waals surface area contributed by atoms with Gasteiger partial charge in [-0.05, 0) is 33.6 Å². The second-order valence-corrected chi connectivity index (χ2v) is 3.58. The molecule has 4 nitrogen and oxygen atoms in total. The van der Waals surface area contributed by atoms with Crippen LogP contribution in [0.15, 0.2) is 16.6 Å². The summed E-state index contributed by atoms with van der Waals surface area (Å²) >= 11 is 3.22. The number of nitriles is 1. The average molecular weight is 270 g/mol. The van der Waals surface area contributed by atoms with E-state index in [1.165, 1.54) is 7.11 Å². The molecular formula is C10H8BrNO3. The van der Waals surface area contributed by atoms with Gasteiger partial charge in [0.05, 0.1) is 29.6 Å². The Bertz CT molecular complexity index is 437. The Morgan fingerprint density at radius 3 is 2.80 bits per heavy atom. The molecule has 0 heterocycles. The van der Waals surface area contributed by atoms with Crippen molar-refractivity contribution in [2.24, 2.45) is 0 Å². The number of halogens is 1. The first-order chi connectivity index (χ1) is 7.10. The van der Waals surface area contributed by atoms with E-state index in [1.807, 2.05) is 6.07 Å². The lowest BCUT2D eigenvalue weighted by Gasteiger charge is -2.08. The Kier molecular flexibility index (Phi) is 3.69. The SMILES string of the molecule is COc1ccc(C#N)c(CC(=O)O)c1Br. The van der Waals surface area contributed by atoms with Gasteiger partial charge in [0, 0.05) is 0 Å². The number of carboxylic acids is 1. The summed E-state index contributed by atoms with van der Waals surface area (Å²) in [4.78, 5) is 10.6. The molecule has 0 bridgehead atoms. The van der Waals surface area contributed by atoms with Gasteiger partial charge in [0.15, 0.2) is 0 Å². The number of hydrogen-bond acceptors (Lipinski definition) is 3. The van der Waals surface area contributed by atoms with E-state index in [0.29, 0.717) is 21.3 Å². The third kappa shape index (κ3) is 2.48. The van der Waals surface area contributed by atoms with E-state index >= 15 is 0 Å². The van der Waals surface area contributed by atoms with Gasteiger partial charge in [0.25, 0.3) is 0 Å². The Labute approximate surface area is 95.2 Å². The summed E-state index contributed by atoms with van der Waals surface area (Å²) in [6.45, 7) is 0. The van der Waals surface area contributed by atoms with Crippen LogP contribution in [0.3, 0.4) is 0 Å². The zero-order valence-electron chi connectivity index (χ0n) is 7.95. The third-order valence-corrected chi connectivity index (χ3v) is 2.75. The molecule has 78 valence electrons. The molecule has 0 radical (unpaired) electrons. The lowest BCUT2D eigenvalue weighted by molar-refractivity contribution is -0.136. The van der Waals surface area contributed by atoms with Gasteiger partial charge in [-0.1, -0.05) is 0 Å². The van der Waals surface area contributed by atoms with Gasteiger partial charge in [-0.2, -0.15) is 5.26 Å². The minimum atomic E-state index is -0.986. The van der Waals surface area contributed by atoms with Crippen molar-refractivity contribution in [1.82, 2.24) is 0 Å². The molecule has 0 aromatic heterocycles. The first-order valence-electron chi connectivity index (χ1n) is 4.07. The maximum atomic E-state index is 10.6. The van der Waals surface area contributed by atoms with Crippen LogP contribution in [0.1, 0.15) is 11.1 Å². The molecule has 0 saturated carbocycles. The van der Waals surface area contributed by atoms with Crippen molar-refractivity contribution in [1.29, 1.82) is 5.26 Å². The second-order valence-electron chi connectivity index (χ2n) is 2.79. The summed E-state index contributed by atoms with van der Waals surface area (Å²) in [5, 5.41) is 17.5. The van der Waals surface area contributed by atoms with Gasteiger partial charge in [0.1, 0.15) is 5.75 Å². The van der Waals surface area contributed by atoms with Crippen molar-refractivity contribution in [2.75, 3.05) is 7.11 Å². The fraction of sp³-hybridized carbons (Fsp3) is 0.200. The van der Waals surface area contributed by atoms with E-state index in [9.17, 15) is 4.79 Å². The second kappa shape index (κ2) is 4.80. The monoisotopic (exact) mass is 269 g/mol. The number of ether oxygens (including phenoxy) is 1. The summed E-state index contributed by atoms with van der Waals surface area (Å²) in [6, 6.07) is 5.11. The largest absolute Gasteiger partial charge is 0.496 e. The molecule has 0 fully saturated rings. The minimum absolute atomic E-state index is 0.208. The topological polar surface area (TPSA) is 70.3 Å². The average Bonchev–Trinajstić information content (AvgIpc) is 2.20. The van der Waals surface area contributed by atoms with Gasteiger partial charge in [-0.25, -0.2) is 0 Å². The van der Waals surface area contributed by atoms with Crippen molar-refractivity contribution in [2.45, 2.75) is 6.42 Å². The van der Waals surface area contributed by atoms with Crippen LogP contribution < -0.4 is 4.74 Å². The summed E-state index contributed by atoms with van der Waals surface area (Å²) in [5.74, 6) is -0.467. The molecular weight excluding hydrogens is 262 g/mol. The van der Waals surface area contributed by atoms with Crippen LogP contribution in [0, 0.1) is 11.3 Å². The summed E-state index contributed by atoms with van der Waals surface area (Å²) < 4.78 is 5.54. The molecule has 0 aliphatic rings. The van der Waals surface area contributed by atoms with E-state index in [-0.39, 0.29) is 6.42 Å². The summed E-state index contributed by atoms with van der Waals surface area (Å²) in [6.07, 6.45) is -0.208. The lowest BCUT2D eigenvalue weighted by atomic mass is 10.1. The molecule has 0 aliphatic carbocycles. The quantitative estimate of drug-likeness (QED) is 0.911. The Hall–Kier alpha value is -1.54. The van der Waals surface area contributed by atoms with E-state index < -0.39 is 5.97 Å². The number of hydrogen-bond donors (Lipinski definition) is 1. The van der Waals surface area contributed by atoms with Crippen molar-refractivity contribution >= 4 is 21.9 Å². The zero-order valence-corrected chi connectivity index (χ0v) is 9.54. The van der Waals surface area contributed by atoms with Crippen molar-refractivity contribution in [3.63, 3.8) is 0 Å². The predicted octanol–water partition coefficient (Wildman–Crippen LogP) is 1.96. The van der Waals surface area contributed by atoms with E-state index in [4.69, 9.17) is 15.1 Å². The van der Waals surface area contributed by atoms with Crippen LogP contribution >= 0.6 is 15.9 Å². The Balaban J connectivity index is 3.30. The van der Waals surface area contributed by atoms with E-state index in [2.05, 4.69) is 15.9 Å².